The number of hydrazone groups is 1. The van der Waals surface area contributed by atoms with Gasteiger partial charge in [-0.2, -0.15) is 5.10 Å². The summed E-state index contributed by atoms with van der Waals surface area (Å²) in [4.78, 5) is 11.2. The second-order valence-corrected chi connectivity index (χ2v) is 3.85. The number of amides is 1. The summed E-state index contributed by atoms with van der Waals surface area (Å²) in [5.74, 6) is 0.297. The minimum absolute atomic E-state index is 0.0938. The fraction of sp³-hybridized carbons (Fsp3) is 0.333. The molecular formula is C12H14N2O3. The molecule has 1 aromatic carbocycles. The zero-order valence-corrected chi connectivity index (χ0v) is 9.51. The Bertz CT molecular complexity index is 457. The van der Waals surface area contributed by atoms with Crippen molar-refractivity contribution in [3.05, 3.63) is 29.8 Å². The molecular weight excluding hydrogens is 220 g/mol. The number of hydrogen-bond donors (Lipinski definition) is 2. The molecule has 1 heterocycles. The van der Waals surface area contributed by atoms with Gasteiger partial charge in [-0.25, -0.2) is 5.43 Å². The number of aliphatic hydroxyl groups excluding tert-OH is 1. The zero-order valence-electron chi connectivity index (χ0n) is 9.51. The van der Waals surface area contributed by atoms with Crippen LogP contribution in [0.1, 0.15) is 12.0 Å². The molecule has 1 aliphatic rings. The van der Waals surface area contributed by atoms with Crippen molar-refractivity contribution in [2.45, 2.75) is 6.42 Å². The Morgan fingerprint density at radius 2 is 2.41 bits per heavy atom. The van der Waals surface area contributed by atoms with E-state index in [1.165, 1.54) is 0 Å². The predicted octanol–water partition coefficient (Wildman–Crippen LogP) is 0.528. The van der Waals surface area contributed by atoms with E-state index in [1.54, 1.807) is 7.11 Å². The highest BCUT2D eigenvalue weighted by atomic mass is 16.5. The average Bonchev–Trinajstić information content (AvgIpc) is 2.38. The molecule has 0 aromatic heterocycles. The molecule has 0 bridgehead atoms. The van der Waals surface area contributed by atoms with Gasteiger partial charge in [0.05, 0.1) is 19.4 Å². The SMILES string of the molecule is COc1cccc(C2=NNC(=O)CC2CO)c1. The van der Waals surface area contributed by atoms with E-state index in [1.807, 2.05) is 24.3 Å². The number of carbonyl (C=O) groups excluding carboxylic acids is 1. The van der Waals surface area contributed by atoms with Crippen LogP contribution in [0, 0.1) is 5.92 Å². The standard InChI is InChI=1S/C12H14N2O3/c1-17-10-4-2-3-8(5-10)12-9(7-15)6-11(16)13-14-12/h2-5,9,15H,6-7H2,1H3,(H,13,16). The van der Waals surface area contributed by atoms with Crippen LogP contribution in [0.25, 0.3) is 0 Å². The number of aliphatic hydroxyl groups is 1. The molecule has 0 fully saturated rings. The Morgan fingerprint density at radius 3 is 3.12 bits per heavy atom. The van der Waals surface area contributed by atoms with Gasteiger partial charge < -0.3 is 9.84 Å². The zero-order chi connectivity index (χ0) is 12.3. The first-order valence-corrected chi connectivity index (χ1v) is 5.36. The maximum Gasteiger partial charge on any atom is 0.240 e. The van der Waals surface area contributed by atoms with Crippen molar-refractivity contribution in [1.82, 2.24) is 5.43 Å². The van der Waals surface area contributed by atoms with Crippen LogP contribution in [0.5, 0.6) is 5.75 Å². The monoisotopic (exact) mass is 234 g/mol. The lowest BCUT2D eigenvalue weighted by molar-refractivity contribution is -0.122. The van der Waals surface area contributed by atoms with Crippen LogP contribution in [0.2, 0.25) is 0 Å². The molecule has 0 radical (unpaired) electrons. The lowest BCUT2D eigenvalue weighted by atomic mass is 9.93. The van der Waals surface area contributed by atoms with E-state index < -0.39 is 0 Å². The Kier molecular flexibility index (Phi) is 3.39. The molecule has 2 rings (SSSR count). The third-order valence-electron chi connectivity index (χ3n) is 2.71. The van der Waals surface area contributed by atoms with Crippen LogP contribution in [0.15, 0.2) is 29.4 Å². The van der Waals surface area contributed by atoms with Crippen molar-refractivity contribution in [3.63, 3.8) is 0 Å². The van der Waals surface area contributed by atoms with Gasteiger partial charge in [0.25, 0.3) is 0 Å². The van der Waals surface area contributed by atoms with Gasteiger partial charge in [-0.05, 0) is 12.1 Å². The number of methoxy groups -OCH3 is 1. The highest BCUT2D eigenvalue weighted by Gasteiger charge is 2.24. The molecule has 5 heteroatoms. The van der Waals surface area contributed by atoms with E-state index in [9.17, 15) is 9.90 Å². The number of rotatable bonds is 3. The van der Waals surface area contributed by atoms with Crippen LogP contribution < -0.4 is 10.2 Å². The van der Waals surface area contributed by atoms with Crippen LogP contribution in [0.4, 0.5) is 0 Å². The summed E-state index contributed by atoms with van der Waals surface area (Å²) in [6, 6.07) is 7.39. The summed E-state index contributed by atoms with van der Waals surface area (Å²) in [7, 11) is 1.59. The molecule has 1 aliphatic heterocycles. The van der Waals surface area contributed by atoms with Gasteiger partial charge >= 0.3 is 0 Å². The summed E-state index contributed by atoms with van der Waals surface area (Å²) in [6.07, 6.45) is 0.256. The molecule has 1 aromatic rings. The Balaban J connectivity index is 2.33. The van der Waals surface area contributed by atoms with Gasteiger partial charge in [0.2, 0.25) is 5.91 Å². The first-order chi connectivity index (χ1) is 8.24. The van der Waals surface area contributed by atoms with Gasteiger partial charge in [-0.15, -0.1) is 0 Å². The molecule has 2 N–H and O–H groups in total. The second kappa shape index (κ2) is 4.97. The van der Waals surface area contributed by atoms with E-state index >= 15 is 0 Å². The summed E-state index contributed by atoms with van der Waals surface area (Å²) in [6.45, 7) is -0.0938. The Morgan fingerprint density at radius 1 is 1.59 bits per heavy atom. The van der Waals surface area contributed by atoms with Gasteiger partial charge in [0, 0.05) is 17.9 Å². The van der Waals surface area contributed by atoms with Crippen LogP contribution in [0.3, 0.4) is 0 Å². The number of ether oxygens (including phenoxy) is 1. The topological polar surface area (TPSA) is 70.9 Å². The minimum Gasteiger partial charge on any atom is -0.497 e. The van der Waals surface area contributed by atoms with Crippen molar-refractivity contribution in [2.75, 3.05) is 13.7 Å². The van der Waals surface area contributed by atoms with E-state index in [0.29, 0.717) is 5.71 Å². The summed E-state index contributed by atoms with van der Waals surface area (Å²) >= 11 is 0. The van der Waals surface area contributed by atoms with Crippen molar-refractivity contribution in [1.29, 1.82) is 0 Å². The number of carbonyl (C=O) groups is 1. The van der Waals surface area contributed by atoms with Crippen LogP contribution in [-0.4, -0.2) is 30.4 Å². The third-order valence-corrected chi connectivity index (χ3v) is 2.71. The molecule has 1 atom stereocenters. The maximum absolute atomic E-state index is 11.2. The first kappa shape index (κ1) is 11.6. The fourth-order valence-corrected chi connectivity index (χ4v) is 1.81. The average molecular weight is 234 g/mol. The van der Waals surface area contributed by atoms with Gasteiger partial charge in [0.15, 0.2) is 0 Å². The number of nitrogens with zero attached hydrogens (tertiary/aromatic N) is 1. The van der Waals surface area contributed by atoms with E-state index in [4.69, 9.17) is 4.74 Å². The first-order valence-electron chi connectivity index (χ1n) is 5.36. The normalized spacial score (nSPS) is 19.5. The maximum atomic E-state index is 11.2. The molecule has 0 saturated heterocycles. The van der Waals surface area contributed by atoms with Crippen molar-refractivity contribution in [2.24, 2.45) is 11.0 Å². The van der Waals surface area contributed by atoms with Crippen molar-refractivity contribution >= 4 is 11.6 Å². The molecule has 90 valence electrons. The molecule has 0 saturated carbocycles. The smallest absolute Gasteiger partial charge is 0.240 e. The second-order valence-electron chi connectivity index (χ2n) is 3.85. The number of nitrogens with one attached hydrogen (secondary N) is 1. The van der Waals surface area contributed by atoms with Crippen molar-refractivity contribution in [3.8, 4) is 5.75 Å². The number of hydrogen-bond acceptors (Lipinski definition) is 4. The molecule has 1 amide bonds. The summed E-state index contributed by atoms with van der Waals surface area (Å²) in [5.41, 5.74) is 3.97. The van der Waals surface area contributed by atoms with Gasteiger partial charge in [-0.3, -0.25) is 4.79 Å². The van der Waals surface area contributed by atoms with Crippen LogP contribution in [-0.2, 0) is 4.79 Å². The lowest BCUT2D eigenvalue weighted by Gasteiger charge is -2.21. The summed E-state index contributed by atoms with van der Waals surface area (Å²) in [5, 5.41) is 13.3. The van der Waals surface area contributed by atoms with Gasteiger partial charge in [-0.1, -0.05) is 12.1 Å². The van der Waals surface area contributed by atoms with E-state index in [2.05, 4.69) is 10.5 Å². The molecule has 0 spiro atoms. The third kappa shape index (κ3) is 2.45. The Hall–Kier alpha value is -1.88. The van der Waals surface area contributed by atoms with E-state index in [0.717, 1.165) is 11.3 Å². The summed E-state index contributed by atoms with van der Waals surface area (Å²) < 4.78 is 5.13. The number of benzene rings is 1. The molecule has 0 aliphatic carbocycles. The quantitative estimate of drug-likeness (QED) is 0.801. The largest absolute Gasteiger partial charge is 0.497 e. The van der Waals surface area contributed by atoms with E-state index in [-0.39, 0.29) is 24.9 Å². The minimum atomic E-state index is -0.254. The highest BCUT2D eigenvalue weighted by Crippen LogP contribution is 2.20. The highest BCUT2D eigenvalue weighted by molar-refractivity contribution is 6.06. The lowest BCUT2D eigenvalue weighted by Crippen LogP contribution is -2.35. The predicted molar refractivity (Wildman–Crippen MR) is 62.9 cm³/mol. The van der Waals surface area contributed by atoms with Gasteiger partial charge in [0.1, 0.15) is 5.75 Å². The fourth-order valence-electron chi connectivity index (χ4n) is 1.81. The van der Waals surface area contributed by atoms with Crippen molar-refractivity contribution < 1.29 is 14.6 Å². The Labute approximate surface area is 99.1 Å². The molecule has 5 nitrogen and oxygen atoms in total. The van der Waals surface area contributed by atoms with Crippen LogP contribution >= 0.6 is 0 Å². The molecule has 1 unspecified atom stereocenters. The molecule has 17 heavy (non-hydrogen) atoms.